The fraction of sp³-hybridized carbons (Fsp3) is 0.250. The van der Waals surface area contributed by atoms with Crippen molar-refractivity contribution in [2.45, 2.75) is 0 Å². The maximum atomic E-state index is 11.5. The summed E-state index contributed by atoms with van der Waals surface area (Å²) in [6.07, 6.45) is 0. The van der Waals surface area contributed by atoms with Gasteiger partial charge in [0.15, 0.2) is 0 Å². The van der Waals surface area contributed by atoms with Crippen LogP contribution < -0.4 is 9.64 Å². The van der Waals surface area contributed by atoms with Crippen molar-refractivity contribution in [3.63, 3.8) is 0 Å². The van der Waals surface area contributed by atoms with Gasteiger partial charge in [-0.1, -0.05) is 0 Å². The van der Waals surface area contributed by atoms with E-state index in [-0.39, 0.29) is 0 Å². The first-order chi connectivity index (χ1) is 8.70. The molecule has 1 aromatic carbocycles. The van der Waals surface area contributed by atoms with Gasteiger partial charge in [-0.05, 0) is 24.3 Å². The molecule has 0 atom stereocenters. The molecule has 6 heteroatoms. The Bertz CT molecular complexity index is 550. The van der Waals surface area contributed by atoms with Crippen LogP contribution in [-0.2, 0) is 9.59 Å². The number of carbonyl (C=O) groups excluding carboxylic acids is 2. The van der Waals surface area contributed by atoms with Gasteiger partial charge in [0.1, 0.15) is 5.75 Å². The molecule has 0 aliphatic carbocycles. The van der Waals surface area contributed by atoms with Crippen molar-refractivity contribution in [1.82, 2.24) is 4.90 Å². The molecule has 2 aliphatic heterocycles. The van der Waals surface area contributed by atoms with Crippen LogP contribution >= 0.6 is 0 Å². The van der Waals surface area contributed by atoms with E-state index in [4.69, 9.17) is 4.74 Å². The summed E-state index contributed by atoms with van der Waals surface area (Å²) in [5.74, 6) is -0.0466. The SMILES string of the molecule is COc1ccc(N2CCN3C(=O)C(=O)N=C32)cc1. The van der Waals surface area contributed by atoms with Crippen LogP contribution in [0.3, 0.4) is 0 Å². The Morgan fingerprint density at radius 1 is 1.11 bits per heavy atom. The number of carbonyl (C=O) groups is 2. The summed E-state index contributed by atoms with van der Waals surface area (Å²) in [4.78, 5) is 29.8. The minimum Gasteiger partial charge on any atom is -0.497 e. The highest BCUT2D eigenvalue weighted by Gasteiger charge is 2.41. The van der Waals surface area contributed by atoms with Crippen LogP contribution in [0.1, 0.15) is 0 Å². The van der Waals surface area contributed by atoms with Gasteiger partial charge in [-0.3, -0.25) is 14.5 Å². The van der Waals surface area contributed by atoms with Crippen LogP contribution in [0.15, 0.2) is 29.3 Å². The largest absolute Gasteiger partial charge is 0.497 e. The number of nitrogens with zero attached hydrogens (tertiary/aromatic N) is 3. The van der Waals surface area contributed by atoms with Crippen molar-refractivity contribution in [1.29, 1.82) is 0 Å². The molecule has 0 bridgehead atoms. The standard InChI is InChI=1S/C12H11N3O3/c1-18-9-4-2-8(3-5-9)14-6-7-15-11(17)10(16)13-12(14)15/h2-5H,6-7H2,1H3. The van der Waals surface area contributed by atoms with E-state index in [1.54, 1.807) is 7.11 Å². The fourth-order valence-electron chi connectivity index (χ4n) is 2.12. The highest BCUT2D eigenvalue weighted by atomic mass is 16.5. The van der Waals surface area contributed by atoms with Gasteiger partial charge in [-0.15, -0.1) is 0 Å². The summed E-state index contributed by atoms with van der Waals surface area (Å²) in [7, 11) is 1.60. The van der Waals surface area contributed by atoms with Gasteiger partial charge in [0.05, 0.1) is 7.11 Å². The number of anilines is 1. The van der Waals surface area contributed by atoms with Crippen molar-refractivity contribution in [2.75, 3.05) is 25.1 Å². The molecule has 0 radical (unpaired) electrons. The Morgan fingerprint density at radius 3 is 2.44 bits per heavy atom. The molecule has 1 saturated heterocycles. The molecule has 0 aromatic heterocycles. The van der Waals surface area contributed by atoms with Crippen LogP contribution in [0.5, 0.6) is 5.75 Å². The predicted molar refractivity (Wildman–Crippen MR) is 64.5 cm³/mol. The van der Waals surface area contributed by atoms with E-state index >= 15 is 0 Å². The molecule has 18 heavy (non-hydrogen) atoms. The molecular weight excluding hydrogens is 234 g/mol. The molecule has 2 amide bonds. The maximum Gasteiger partial charge on any atom is 0.338 e. The van der Waals surface area contributed by atoms with E-state index < -0.39 is 11.8 Å². The molecule has 0 saturated carbocycles. The molecule has 1 fully saturated rings. The summed E-state index contributed by atoms with van der Waals surface area (Å²) >= 11 is 0. The number of aliphatic imine (C=N–C) groups is 1. The Balaban J connectivity index is 1.91. The van der Waals surface area contributed by atoms with Gasteiger partial charge in [-0.2, -0.15) is 4.99 Å². The number of amides is 2. The van der Waals surface area contributed by atoms with Crippen molar-refractivity contribution in [2.24, 2.45) is 4.99 Å². The molecule has 1 aromatic rings. The van der Waals surface area contributed by atoms with Gasteiger partial charge in [0.2, 0.25) is 5.96 Å². The summed E-state index contributed by atoms with van der Waals surface area (Å²) in [5, 5.41) is 0. The zero-order valence-corrected chi connectivity index (χ0v) is 9.79. The predicted octanol–water partition coefficient (Wildman–Crippen LogP) is 0.240. The monoisotopic (exact) mass is 245 g/mol. The number of hydrogen-bond donors (Lipinski definition) is 0. The molecular formula is C12H11N3O3. The molecule has 0 unspecified atom stereocenters. The fourth-order valence-corrected chi connectivity index (χ4v) is 2.12. The lowest BCUT2D eigenvalue weighted by Gasteiger charge is -2.17. The Morgan fingerprint density at radius 2 is 1.78 bits per heavy atom. The second kappa shape index (κ2) is 3.83. The second-order valence-corrected chi connectivity index (χ2v) is 4.02. The van der Waals surface area contributed by atoms with Gasteiger partial charge in [0.25, 0.3) is 0 Å². The molecule has 2 aliphatic rings. The molecule has 2 heterocycles. The quantitative estimate of drug-likeness (QED) is 0.700. The van der Waals surface area contributed by atoms with Crippen LogP contribution in [0, 0.1) is 0 Å². The summed E-state index contributed by atoms with van der Waals surface area (Å²) in [5.41, 5.74) is 0.888. The van der Waals surface area contributed by atoms with Crippen LogP contribution in [0.4, 0.5) is 5.69 Å². The molecule has 0 N–H and O–H groups in total. The normalized spacial score (nSPS) is 18.2. The summed E-state index contributed by atoms with van der Waals surface area (Å²) in [6, 6.07) is 7.41. The van der Waals surface area contributed by atoms with E-state index in [1.165, 1.54) is 4.90 Å². The first-order valence-electron chi connectivity index (χ1n) is 5.57. The second-order valence-electron chi connectivity index (χ2n) is 4.02. The number of hydrogen-bond acceptors (Lipinski definition) is 4. The molecule has 3 rings (SSSR count). The minimum atomic E-state index is -0.691. The lowest BCUT2D eigenvalue weighted by Crippen LogP contribution is -2.33. The Kier molecular flexibility index (Phi) is 2.29. The maximum absolute atomic E-state index is 11.5. The number of guanidine groups is 1. The van der Waals surface area contributed by atoms with Crippen molar-refractivity contribution in [3.05, 3.63) is 24.3 Å². The third-order valence-electron chi connectivity index (χ3n) is 3.04. The molecule has 92 valence electrons. The van der Waals surface area contributed by atoms with E-state index in [0.717, 1.165) is 11.4 Å². The van der Waals surface area contributed by atoms with E-state index in [0.29, 0.717) is 19.0 Å². The topological polar surface area (TPSA) is 62.2 Å². The van der Waals surface area contributed by atoms with Crippen LogP contribution in [-0.4, -0.2) is 42.9 Å². The number of ether oxygens (including phenoxy) is 1. The minimum absolute atomic E-state index is 0.426. The first kappa shape index (κ1) is 10.8. The zero-order chi connectivity index (χ0) is 12.7. The van der Waals surface area contributed by atoms with Gasteiger partial charge in [0, 0.05) is 18.8 Å². The van der Waals surface area contributed by atoms with Crippen molar-refractivity contribution < 1.29 is 14.3 Å². The van der Waals surface area contributed by atoms with Gasteiger partial charge >= 0.3 is 11.8 Å². The summed E-state index contributed by atoms with van der Waals surface area (Å²) < 4.78 is 5.09. The lowest BCUT2D eigenvalue weighted by molar-refractivity contribution is -0.139. The number of methoxy groups -OCH3 is 1. The first-order valence-corrected chi connectivity index (χ1v) is 5.57. The third-order valence-corrected chi connectivity index (χ3v) is 3.04. The smallest absolute Gasteiger partial charge is 0.338 e. The van der Waals surface area contributed by atoms with Crippen LogP contribution in [0.2, 0.25) is 0 Å². The third kappa shape index (κ3) is 1.46. The van der Waals surface area contributed by atoms with Crippen LogP contribution in [0.25, 0.3) is 0 Å². The Labute approximate surface area is 103 Å². The van der Waals surface area contributed by atoms with Gasteiger partial charge < -0.3 is 9.64 Å². The van der Waals surface area contributed by atoms with E-state index in [1.807, 2.05) is 29.2 Å². The van der Waals surface area contributed by atoms with Gasteiger partial charge in [-0.25, -0.2) is 0 Å². The van der Waals surface area contributed by atoms with E-state index in [9.17, 15) is 9.59 Å². The average Bonchev–Trinajstić information content (AvgIpc) is 2.92. The number of fused-ring (bicyclic) bond motifs is 1. The Hall–Kier alpha value is -2.37. The lowest BCUT2D eigenvalue weighted by atomic mass is 10.3. The zero-order valence-electron chi connectivity index (χ0n) is 9.79. The number of rotatable bonds is 2. The average molecular weight is 245 g/mol. The highest BCUT2D eigenvalue weighted by Crippen LogP contribution is 2.25. The van der Waals surface area contributed by atoms with Crippen molar-refractivity contribution >= 4 is 23.5 Å². The summed E-state index contributed by atoms with van der Waals surface area (Å²) in [6.45, 7) is 1.14. The highest BCUT2D eigenvalue weighted by molar-refractivity contribution is 6.45. The molecule has 6 nitrogen and oxygen atoms in total. The number of benzene rings is 1. The van der Waals surface area contributed by atoms with E-state index in [2.05, 4.69) is 4.99 Å². The van der Waals surface area contributed by atoms with Crippen molar-refractivity contribution in [3.8, 4) is 5.75 Å². The molecule has 0 spiro atoms.